The average molecular weight is 497 g/mol. The van der Waals surface area contributed by atoms with Gasteiger partial charge in [0.25, 0.3) is 11.6 Å². The van der Waals surface area contributed by atoms with Crippen LogP contribution in [0.3, 0.4) is 0 Å². The maximum atomic E-state index is 13.9. The summed E-state index contributed by atoms with van der Waals surface area (Å²) < 4.78 is 20.2. The average Bonchev–Trinajstić information content (AvgIpc) is 2.78. The molecule has 0 aromatic heterocycles. The summed E-state index contributed by atoms with van der Waals surface area (Å²) in [5, 5.41) is 23.4. The highest BCUT2D eigenvalue weighted by Crippen LogP contribution is 2.27. The number of nitro benzene ring substituents is 1. The lowest BCUT2D eigenvalue weighted by molar-refractivity contribution is -0.384. The van der Waals surface area contributed by atoms with Crippen molar-refractivity contribution >= 4 is 33.7 Å². The molecule has 0 atom stereocenters. The SMILES string of the molecule is N#Cc1ccc(C(=O)NN=Cc2ccc(OCc3cccc([N+](=O)[O-])c3)c(Br)c2)c(F)c1. The van der Waals surface area contributed by atoms with E-state index in [0.29, 0.717) is 21.3 Å². The van der Waals surface area contributed by atoms with Gasteiger partial charge in [-0.25, -0.2) is 9.82 Å². The summed E-state index contributed by atoms with van der Waals surface area (Å²) in [7, 11) is 0. The molecule has 1 amide bonds. The second kappa shape index (κ2) is 10.3. The minimum atomic E-state index is -0.815. The molecule has 3 aromatic rings. The lowest BCUT2D eigenvalue weighted by atomic mass is 10.1. The van der Waals surface area contributed by atoms with Gasteiger partial charge >= 0.3 is 0 Å². The van der Waals surface area contributed by atoms with E-state index in [4.69, 9.17) is 10.00 Å². The first-order valence-corrected chi connectivity index (χ1v) is 9.85. The molecule has 0 saturated heterocycles. The number of nitriles is 1. The van der Waals surface area contributed by atoms with Crippen LogP contribution in [0.2, 0.25) is 0 Å². The topological polar surface area (TPSA) is 118 Å². The van der Waals surface area contributed by atoms with Crippen molar-refractivity contribution in [1.29, 1.82) is 5.26 Å². The first-order valence-electron chi connectivity index (χ1n) is 9.06. The van der Waals surface area contributed by atoms with Crippen LogP contribution in [-0.4, -0.2) is 17.0 Å². The van der Waals surface area contributed by atoms with Crippen LogP contribution in [0.1, 0.15) is 27.0 Å². The van der Waals surface area contributed by atoms with Gasteiger partial charge in [0.1, 0.15) is 18.2 Å². The number of nitrogens with one attached hydrogen (secondary N) is 1. The molecule has 1 N–H and O–H groups in total. The van der Waals surface area contributed by atoms with Gasteiger partial charge in [-0.15, -0.1) is 0 Å². The van der Waals surface area contributed by atoms with E-state index in [-0.39, 0.29) is 23.4 Å². The third-order valence-corrected chi connectivity index (χ3v) is 4.81. The molecule has 0 spiro atoms. The Hall–Kier alpha value is -4.10. The Morgan fingerprint density at radius 1 is 1.25 bits per heavy atom. The van der Waals surface area contributed by atoms with Crippen molar-refractivity contribution in [1.82, 2.24) is 5.43 Å². The molecule has 0 heterocycles. The zero-order valence-corrected chi connectivity index (χ0v) is 17.9. The Labute approximate surface area is 190 Å². The van der Waals surface area contributed by atoms with Gasteiger partial charge in [0.2, 0.25) is 0 Å². The van der Waals surface area contributed by atoms with Crippen LogP contribution in [0.5, 0.6) is 5.75 Å². The number of benzene rings is 3. The van der Waals surface area contributed by atoms with Crippen molar-refractivity contribution < 1.29 is 18.8 Å². The lowest BCUT2D eigenvalue weighted by Crippen LogP contribution is -2.19. The Morgan fingerprint density at radius 3 is 2.75 bits per heavy atom. The minimum absolute atomic E-state index is 0.0142. The first-order chi connectivity index (χ1) is 15.4. The molecule has 8 nitrogen and oxygen atoms in total. The summed E-state index contributed by atoms with van der Waals surface area (Å²) >= 11 is 3.38. The first kappa shape index (κ1) is 22.6. The fourth-order valence-corrected chi connectivity index (χ4v) is 3.14. The zero-order chi connectivity index (χ0) is 23.1. The molecular weight excluding hydrogens is 483 g/mol. The molecule has 0 aliphatic rings. The Morgan fingerprint density at radius 2 is 2.06 bits per heavy atom. The molecule has 0 bridgehead atoms. The molecule has 10 heteroatoms. The van der Waals surface area contributed by atoms with Gasteiger partial charge in [-0.05, 0) is 63.5 Å². The Kier molecular flexibility index (Phi) is 7.25. The van der Waals surface area contributed by atoms with Crippen molar-refractivity contribution in [2.45, 2.75) is 6.61 Å². The van der Waals surface area contributed by atoms with E-state index >= 15 is 0 Å². The summed E-state index contributed by atoms with van der Waals surface area (Å²) in [5.41, 5.74) is 3.37. The molecule has 32 heavy (non-hydrogen) atoms. The molecule has 0 saturated carbocycles. The van der Waals surface area contributed by atoms with Gasteiger partial charge in [-0.2, -0.15) is 10.4 Å². The van der Waals surface area contributed by atoms with E-state index in [9.17, 15) is 19.3 Å². The number of carbonyl (C=O) groups excluding carboxylic acids is 1. The molecule has 0 radical (unpaired) electrons. The molecule has 0 aliphatic carbocycles. The predicted molar refractivity (Wildman–Crippen MR) is 118 cm³/mol. The fourth-order valence-electron chi connectivity index (χ4n) is 2.63. The number of rotatable bonds is 7. The number of amides is 1. The van der Waals surface area contributed by atoms with Crippen LogP contribution >= 0.6 is 15.9 Å². The van der Waals surface area contributed by atoms with Gasteiger partial charge in [-0.3, -0.25) is 14.9 Å². The molecule has 0 unspecified atom stereocenters. The van der Waals surface area contributed by atoms with Crippen molar-refractivity contribution in [2.24, 2.45) is 5.10 Å². The number of halogens is 2. The summed E-state index contributed by atoms with van der Waals surface area (Å²) in [6.45, 7) is 0.139. The minimum Gasteiger partial charge on any atom is -0.488 e. The Bertz CT molecular complexity index is 1260. The van der Waals surface area contributed by atoms with Gasteiger partial charge in [-0.1, -0.05) is 12.1 Å². The molecule has 0 aliphatic heterocycles. The van der Waals surface area contributed by atoms with Crippen LogP contribution in [0, 0.1) is 27.3 Å². The Balaban J connectivity index is 1.61. The predicted octanol–water partition coefficient (Wildman–Crippen LogP) is 4.71. The van der Waals surface area contributed by atoms with E-state index in [1.807, 2.05) is 0 Å². The van der Waals surface area contributed by atoms with E-state index in [1.54, 1.807) is 36.4 Å². The number of carbonyl (C=O) groups is 1. The fraction of sp³-hybridized carbons (Fsp3) is 0.0455. The number of ether oxygens (including phenoxy) is 1. The maximum Gasteiger partial charge on any atom is 0.274 e. The smallest absolute Gasteiger partial charge is 0.274 e. The number of hydrogen-bond acceptors (Lipinski definition) is 6. The standard InChI is InChI=1S/C22H14BrFN4O4/c23-19-9-15(12-26-27-22(29)18-6-4-14(11-25)10-20(18)24)5-7-21(19)32-13-16-2-1-3-17(8-16)28(30)31/h1-10,12H,13H2,(H,27,29). The van der Waals surface area contributed by atoms with E-state index in [2.05, 4.69) is 26.5 Å². The van der Waals surface area contributed by atoms with Crippen molar-refractivity contribution in [3.8, 4) is 11.8 Å². The summed E-state index contributed by atoms with van der Waals surface area (Å²) in [6.07, 6.45) is 1.37. The summed E-state index contributed by atoms with van der Waals surface area (Å²) in [5.74, 6) is -1.05. The van der Waals surface area contributed by atoms with Crippen molar-refractivity contribution in [3.05, 3.63) is 103 Å². The van der Waals surface area contributed by atoms with Crippen LogP contribution in [0.4, 0.5) is 10.1 Å². The van der Waals surface area contributed by atoms with Crippen LogP contribution < -0.4 is 10.2 Å². The number of hydrazone groups is 1. The highest BCUT2D eigenvalue weighted by atomic mass is 79.9. The van der Waals surface area contributed by atoms with Crippen LogP contribution in [-0.2, 0) is 6.61 Å². The van der Waals surface area contributed by atoms with Crippen LogP contribution in [0.15, 0.2) is 70.2 Å². The third kappa shape index (κ3) is 5.74. The second-order valence-electron chi connectivity index (χ2n) is 6.41. The largest absolute Gasteiger partial charge is 0.488 e. The van der Waals surface area contributed by atoms with Gasteiger partial charge < -0.3 is 4.74 Å². The highest BCUT2D eigenvalue weighted by molar-refractivity contribution is 9.10. The molecule has 3 rings (SSSR count). The van der Waals surface area contributed by atoms with E-state index < -0.39 is 16.6 Å². The normalized spacial score (nSPS) is 10.5. The molecule has 0 fully saturated rings. The number of nitrogens with zero attached hydrogens (tertiary/aromatic N) is 3. The molecular formula is C22H14BrFN4O4. The number of non-ortho nitro benzene ring substituents is 1. The highest BCUT2D eigenvalue weighted by Gasteiger charge is 2.12. The summed E-state index contributed by atoms with van der Waals surface area (Å²) in [6, 6.07) is 16.5. The number of nitro groups is 1. The monoisotopic (exact) mass is 496 g/mol. The van der Waals surface area contributed by atoms with Crippen LogP contribution in [0.25, 0.3) is 0 Å². The second-order valence-corrected chi connectivity index (χ2v) is 7.27. The van der Waals surface area contributed by atoms with Gasteiger partial charge in [0, 0.05) is 12.1 Å². The molecule has 3 aromatic carbocycles. The van der Waals surface area contributed by atoms with E-state index in [1.165, 1.54) is 30.5 Å². The van der Waals surface area contributed by atoms with Crippen molar-refractivity contribution in [3.63, 3.8) is 0 Å². The van der Waals surface area contributed by atoms with E-state index in [0.717, 1.165) is 6.07 Å². The van der Waals surface area contributed by atoms with Gasteiger partial charge in [0.15, 0.2) is 0 Å². The third-order valence-electron chi connectivity index (χ3n) is 4.19. The van der Waals surface area contributed by atoms with Gasteiger partial charge in [0.05, 0.1) is 32.8 Å². The zero-order valence-electron chi connectivity index (χ0n) is 16.3. The maximum absolute atomic E-state index is 13.9. The lowest BCUT2D eigenvalue weighted by Gasteiger charge is -2.09. The number of hydrogen-bond donors (Lipinski definition) is 1. The molecule has 160 valence electrons. The summed E-state index contributed by atoms with van der Waals surface area (Å²) in [4.78, 5) is 22.4. The quantitative estimate of drug-likeness (QED) is 0.288. The van der Waals surface area contributed by atoms with Crippen molar-refractivity contribution in [2.75, 3.05) is 0 Å².